The maximum absolute atomic E-state index is 10.3. The lowest BCUT2D eigenvalue weighted by Gasteiger charge is -2.25. The first kappa shape index (κ1) is 16.0. The minimum absolute atomic E-state index is 0.334. The number of rotatable bonds is 8. The second-order valence-electron chi connectivity index (χ2n) is 6.43. The molecule has 0 saturated heterocycles. The van der Waals surface area contributed by atoms with Gasteiger partial charge < -0.3 is 9.84 Å². The molecule has 1 atom stereocenters. The molecule has 0 unspecified atom stereocenters. The maximum Gasteiger partial charge on any atom is 0.119 e. The standard InChI is InChI=1S/C20H25NO2/c1-16-6-5-7-17(12-16)13-21(18-10-11-18)14-19(22)15-23-20-8-3-2-4-9-20/h2-9,12,18-19,22H,10-11,13-15H2,1H3/t19-/m1/s1. The average Bonchev–Trinajstić information content (AvgIpc) is 3.38. The molecule has 2 aromatic carbocycles. The zero-order valence-corrected chi connectivity index (χ0v) is 13.7. The molecule has 3 rings (SSSR count). The van der Waals surface area contributed by atoms with Crippen molar-refractivity contribution < 1.29 is 9.84 Å². The summed E-state index contributed by atoms with van der Waals surface area (Å²) in [5.74, 6) is 0.809. The number of benzene rings is 2. The van der Waals surface area contributed by atoms with Crippen molar-refractivity contribution in [3.8, 4) is 5.75 Å². The molecule has 0 heterocycles. The fourth-order valence-corrected chi connectivity index (χ4v) is 2.86. The van der Waals surface area contributed by atoms with E-state index in [1.807, 2.05) is 30.3 Å². The third-order valence-corrected chi connectivity index (χ3v) is 4.16. The Morgan fingerprint density at radius 3 is 2.61 bits per heavy atom. The normalized spacial score (nSPS) is 15.6. The Morgan fingerprint density at radius 2 is 1.91 bits per heavy atom. The molecule has 3 nitrogen and oxygen atoms in total. The first-order valence-electron chi connectivity index (χ1n) is 8.36. The Morgan fingerprint density at radius 1 is 1.13 bits per heavy atom. The summed E-state index contributed by atoms with van der Waals surface area (Å²) in [6.07, 6.45) is 2.00. The number of aliphatic hydroxyl groups excluding tert-OH is 1. The molecule has 1 fully saturated rings. The van der Waals surface area contributed by atoms with E-state index in [9.17, 15) is 5.11 Å². The highest BCUT2D eigenvalue weighted by Crippen LogP contribution is 2.28. The van der Waals surface area contributed by atoms with Crippen molar-refractivity contribution in [2.75, 3.05) is 13.2 Å². The summed E-state index contributed by atoms with van der Waals surface area (Å²) < 4.78 is 5.66. The van der Waals surface area contributed by atoms with Gasteiger partial charge in [0.05, 0.1) is 0 Å². The van der Waals surface area contributed by atoms with Crippen molar-refractivity contribution in [3.05, 3.63) is 65.7 Å². The summed E-state index contributed by atoms with van der Waals surface area (Å²) in [6, 6.07) is 18.9. The number of hydrogen-bond donors (Lipinski definition) is 1. The molecule has 1 saturated carbocycles. The van der Waals surface area contributed by atoms with Crippen molar-refractivity contribution >= 4 is 0 Å². The number of ether oxygens (including phenoxy) is 1. The van der Waals surface area contributed by atoms with Crippen LogP contribution in [0.1, 0.15) is 24.0 Å². The highest BCUT2D eigenvalue weighted by molar-refractivity contribution is 5.22. The van der Waals surface area contributed by atoms with E-state index in [2.05, 4.69) is 36.1 Å². The van der Waals surface area contributed by atoms with Gasteiger partial charge in [-0.05, 0) is 37.5 Å². The van der Waals surface area contributed by atoms with Crippen molar-refractivity contribution in [2.45, 2.75) is 38.5 Å². The van der Waals surface area contributed by atoms with Crippen LogP contribution >= 0.6 is 0 Å². The Bertz CT molecular complexity index is 610. The molecule has 0 radical (unpaired) electrons. The van der Waals surface area contributed by atoms with Gasteiger partial charge in [-0.2, -0.15) is 0 Å². The van der Waals surface area contributed by atoms with E-state index in [1.54, 1.807) is 0 Å². The number of para-hydroxylation sites is 1. The molecule has 0 aromatic heterocycles. The minimum Gasteiger partial charge on any atom is -0.491 e. The zero-order chi connectivity index (χ0) is 16.1. The van der Waals surface area contributed by atoms with Crippen LogP contribution in [0, 0.1) is 6.92 Å². The van der Waals surface area contributed by atoms with Crippen LogP contribution in [0.2, 0.25) is 0 Å². The smallest absolute Gasteiger partial charge is 0.119 e. The molecule has 1 N–H and O–H groups in total. The lowest BCUT2D eigenvalue weighted by atomic mass is 10.1. The second-order valence-corrected chi connectivity index (χ2v) is 6.43. The van der Waals surface area contributed by atoms with E-state index in [-0.39, 0.29) is 0 Å². The predicted molar refractivity (Wildman–Crippen MR) is 92.6 cm³/mol. The summed E-state index contributed by atoms with van der Waals surface area (Å²) in [5.41, 5.74) is 2.60. The molecule has 0 bridgehead atoms. The van der Waals surface area contributed by atoms with Gasteiger partial charge in [-0.15, -0.1) is 0 Å². The van der Waals surface area contributed by atoms with Gasteiger partial charge in [0, 0.05) is 19.1 Å². The van der Waals surface area contributed by atoms with E-state index in [0.29, 0.717) is 19.2 Å². The SMILES string of the molecule is Cc1cccc(CN(C[C@@H](O)COc2ccccc2)C2CC2)c1. The monoisotopic (exact) mass is 311 g/mol. The fourth-order valence-electron chi connectivity index (χ4n) is 2.86. The van der Waals surface area contributed by atoms with Crippen LogP contribution in [0.25, 0.3) is 0 Å². The van der Waals surface area contributed by atoms with Crippen LogP contribution in [-0.2, 0) is 6.54 Å². The Hall–Kier alpha value is -1.84. The van der Waals surface area contributed by atoms with Crippen LogP contribution in [0.15, 0.2) is 54.6 Å². The van der Waals surface area contributed by atoms with Crippen molar-refractivity contribution in [3.63, 3.8) is 0 Å². The zero-order valence-electron chi connectivity index (χ0n) is 13.7. The largest absolute Gasteiger partial charge is 0.491 e. The first-order valence-corrected chi connectivity index (χ1v) is 8.36. The highest BCUT2D eigenvalue weighted by Gasteiger charge is 2.30. The van der Waals surface area contributed by atoms with Crippen molar-refractivity contribution in [2.24, 2.45) is 0 Å². The van der Waals surface area contributed by atoms with Crippen LogP contribution in [-0.4, -0.2) is 35.3 Å². The van der Waals surface area contributed by atoms with Gasteiger partial charge in [-0.1, -0.05) is 48.0 Å². The van der Waals surface area contributed by atoms with Crippen LogP contribution in [0.3, 0.4) is 0 Å². The van der Waals surface area contributed by atoms with Gasteiger partial charge in [0.1, 0.15) is 18.5 Å². The van der Waals surface area contributed by atoms with E-state index in [4.69, 9.17) is 4.74 Å². The lowest BCUT2D eigenvalue weighted by Crippen LogP contribution is -2.36. The van der Waals surface area contributed by atoms with Gasteiger partial charge in [0.25, 0.3) is 0 Å². The molecule has 1 aliphatic carbocycles. The third-order valence-electron chi connectivity index (χ3n) is 4.16. The summed E-state index contributed by atoms with van der Waals surface area (Å²) in [4.78, 5) is 2.38. The van der Waals surface area contributed by atoms with Crippen molar-refractivity contribution in [1.29, 1.82) is 0 Å². The summed E-state index contributed by atoms with van der Waals surface area (Å²) in [7, 11) is 0. The van der Waals surface area contributed by atoms with Gasteiger partial charge in [-0.25, -0.2) is 0 Å². The van der Waals surface area contributed by atoms with E-state index in [1.165, 1.54) is 24.0 Å². The number of nitrogens with zero attached hydrogens (tertiary/aromatic N) is 1. The Labute approximate surface area is 138 Å². The molecular weight excluding hydrogens is 286 g/mol. The average molecular weight is 311 g/mol. The fraction of sp³-hybridized carbons (Fsp3) is 0.400. The summed E-state index contributed by atoms with van der Waals surface area (Å²) in [5, 5.41) is 10.3. The van der Waals surface area contributed by atoms with Crippen LogP contribution in [0.5, 0.6) is 5.75 Å². The quantitative estimate of drug-likeness (QED) is 0.811. The molecular formula is C20H25NO2. The van der Waals surface area contributed by atoms with E-state index >= 15 is 0 Å². The summed E-state index contributed by atoms with van der Waals surface area (Å²) in [6.45, 7) is 4.01. The molecule has 122 valence electrons. The maximum atomic E-state index is 10.3. The number of hydrogen-bond acceptors (Lipinski definition) is 3. The first-order chi connectivity index (χ1) is 11.2. The van der Waals surface area contributed by atoms with Gasteiger partial charge in [0.15, 0.2) is 0 Å². The Balaban J connectivity index is 1.52. The number of aryl methyl sites for hydroxylation is 1. The van der Waals surface area contributed by atoms with Crippen LogP contribution in [0.4, 0.5) is 0 Å². The topological polar surface area (TPSA) is 32.7 Å². The molecule has 23 heavy (non-hydrogen) atoms. The van der Waals surface area contributed by atoms with Crippen LogP contribution < -0.4 is 4.74 Å². The molecule has 0 amide bonds. The van der Waals surface area contributed by atoms with Gasteiger partial charge >= 0.3 is 0 Å². The summed E-state index contributed by atoms with van der Waals surface area (Å²) >= 11 is 0. The molecule has 0 aliphatic heterocycles. The van der Waals surface area contributed by atoms with Crippen molar-refractivity contribution in [1.82, 2.24) is 4.90 Å². The minimum atomic E-state index is -0.472. The van der Waals surface area contributed by atoms with E-state index in [0.717, 1.165) is 12.3 Å². The Kier molecular flexibility index (Phi) is 5.31. The van der Waals surface area contributed by atoms with E-state index < -0.39 is 6.10 Å². The molecule has 1 aliphatic rings. The number of aliphatic hydroxyl groups is 1. The second kappa shape index (κ2) is 7.62. The third kappa shape index (κ3) is 5.08. The molecule has 2 aromatic rings. The molecule has 0 spiro atoms. The predicted octanol–water partition coefficient (Wildman–Crippen LogP) is 3.40. The van der Waals surface area contributed by atoms with Gasteiger partial charge in [0.2, 0.25) is 0 Å². The highest BCUT2D eigenvalue weighted by atomic mass is 16.5. The lowest BCUT2D eigenvalue weighted by molar-refractivity contribution is 0.0626. The van der Waals surface area contributed by atoms with Gasteiger partial charge in [-0.3, -0.25) is 4.90 Å². The molecule has 3 heteroatoms.